The van der Waals surface area contributed by atoms with Gasteiger partial charge >= 0.3 is 0 Å². The molecule has 2 aromatic heterocycles. The van der Waals surface area contributed by atoms with E-state index in [2.05, 4.69) is 10.3 Å². The van der Waals surface area contributed by atoms with Gasteiger partial charge in [-0.15, -0.1) is 0 Å². The summed E-state index contributed by atoms with van der Waals surface area (Å²) < 4.78 is 2.00. The van der Waals surface area contributed by atoms with Gasteiger partial charge < -0.3 is 14.8 Å². The van der Waals surface area contributed by atoms with Gasteiger partial charge in [0.05, 0.1) is 18.2 Å². The van der Waals surface area contributed by atoms with E-state index >= 15 is 0 Å². The number of amides is 1. The number of nitrogens with one attached hydrogen (secondary N) is 1. The molecule has 21 heavy (non-hydrogen) atoms. The van der Waals surface area contributed by atoms with Crippen molar-refractivity contribution in [3.8, 4) is 0 Å². The number of aryl methyl sites for hydroxylation is 1. The summed E-state index contributed by atoms with van der Waals surface area (Å²) in [6.45, 7) is 6.36. The van der Waals surface area contributed by atoms with Crippen LogP contribution in [0.4, 0.5) is 0 Å². The smallest absolute Gasteiger partial charge is 0.222 e. The second-order valence-electron chi connectivity index (χ2n) is 5.77. The Morgan fingerprint density at radius 3 is 2.90 bits per heavy atom. The number of rotatable bonds is 6. The third kappa shape index (κ3) is 4.04. The summed E-state index contributed by atoms with van der Waals surface area (Å²) in [5.41, 5.74) is 3.04. The van der Waals surface area contributed by atoms with E-state index in [1.54, 1.807) is 0 Å². The Morgan fingerprint density at radius 1 is 1.48 bits per heavy atom. The van der Waals surface area contributed by atoms with Crippen LogP contribution < -0.4 is 5.32 Å². The fraction of sp³-hybridized carbons (Fsp3) is 0.500. The molecule has 2 heterocycles. The van der Waals surface area contributed by atoms with E-state index in [0.717, 1.165) is 16.9 Å². The van der Waals surface area contributed by atoms with Crippen LogP contribution in [0.3, 0.4) is 0 Å². The molecule has 0 fully saturated rings. The molecule has 0 aliphatic carbocycles. The highest BCUT2D eigenvalue weighted by molar-refractivity contribution is 5.76. The van der Waals surface area contributed by atoms with Crippen molar-refractivity contribution >= 4 is 11.6 Å². The predicted octanol–water partition coefficient (Wildman–Crippen LogP) is 1.71. The minimum atomic E-state index is -0.581. The number of aromatic nitrogens is 2. The number of hydrogen-bond acceptors (Lipinski definition) is 3. The van der Waals surface area contributed by atoms with E-state index in [1.807, 2.05) is 49.7 Å². The summed E-state index contributed by atoms with van der Waals surface area (Å²) in [7, 11) is 0. The second kappa shape index (κ2) is 6.72. The molecule has 0 aliphatic heterocycles. The first-order valence-electron chi connectivity index (χ1n) is 7.35. The van der Waals surface area contributed by atoms with Gasteiger partial charge in [-0.3, -0.25) is 4.79 Å². The van der Waals surface area contributed by atoms with Crippen molar-refractivity contribution in [3.05, 3.63) is 35.8 Å². The molecule has 2 aromatic rings. The number of carbonyl (C=O) groups is 1. The van der Waals surface area contributed by atoms with E-state index in [4.69, 9.17) is 0 Å². The Bertz CT molecular complexity index is 619. The molecule has 0 saturated heterocycles. The first-order chi connectivity index (χ1) is 9.97. The lowest BCUT2D eigenvalue weighted by molar-refractivity contribution is -0.123. The van der Waals surface area contributed by atoms with Crippen LogP contribution in [0.2, 0.25) is 0 Å². The molecule has 0 saturated carbocycles. The highest BCUT2D eigenvalue weighted by atomic mass is 16.3. The maximum Gasteiger partial charge on any atom is 0.222 e. The van der Waals surface area contributed by atoms with Crippen molar-refractivity contribution in [3.63, 3.8) is 0 Å². The van der Waals surface area contributed by atoms with Crippen molar-refractivity contribution in [1.82, 2.24) is 14.7 Å². The van der Waals surface area contributed by atoms with Crippen LogP contribution in [0.25, 0.3) is 5.65 Å². The summed E-state index contributed by atoms with van der Waals surface area (Å²) >= 11 is 0. The molecule has 2 N–H and O–H groups in total. The van der Waals surface area contributed by atoms with E-state index in [9.17, 15) is 9.90 Å². The topological polar surface area (TPSA) is 66.6 Å². The van der Waals surface area contributed by atoms with Crippen LogP contribution >= 0.6 is 0 Å². The summed E-state index contributed by atoms with van der Waals surface area (Å²) in [5.74, 6) is -0.0201. The normalized spacial score (nSPS) is 12.8. The van der Waals surface area contributed by atoms with Crippen LogP contribution in [0.5, 0.6) is 0 Å². The molecule has 0 aliphatic rings. The molecule has 2 rings (SSSR count). The molecule has 0 aromatic carbocycles. The average molecular weight is 289 g/mol. The van der Waals surface area contributed by atoms with E-state index in [0.29, 0.717) is 13.0 Å². The zero-order chi connectivity index (χ0) is 15.4. The molecule has 114 valence electrons. The van der Waals surface area contributed by atoms with E-state index in [1.165, 1.54) is 0 Å². The average Bonchev–Trinajstić information content (AvgIpc) is 2.83. The van der Waals surface area contributed by atoms with Gasteiger partial charge in [-0.05, 0) is 24.5 Å². The monoisotopic (exact) mass is 289 g/mol. The number of aliphatic hydroxyl groups excluding tert-OH is 1. The molecule has 1 unspecified atom stereocenters. The number of imidazole rings is 1. The molecule has 0 radical (unpaired) electrons. The minimum absolute atomic E-state index is 0.0946. The number of nitrogens with zero attached hydrogens (tertiary/aromatic N) is 2. The third-order valence-electron chi connectivity index (χ3n) is 3.60. The van der Waals surface area contributed by atoms with Gasteiger partial charge in [0.2, 0.25) is 5.91 Å². The number of carbonyl (C=O) groups excluding carboxylic acids is 1. The van der Waals surface area contributed by atoms with Crippen molar-refractivity contribution in [2.24, 2.45) is 5.92 Å². The van der Waals surface area contributed by atoms with Gasteiger partial charge in [0.25, 0.3) is 0 Å². The molecule has 0 bridgehead atoms. The summed E-state index contributed by atoms with van der Waals surface area (Å²) in [6, 6.07) is 4.02. The lowest BCUT2D eigenvalue weighted by atomic mass is 10.0. The largest absolute Gasteiger partial charge is 0.392 e. The fourth-order valence-electron chi connectivity index (χ4n) is 2.15. The van der Waals surface area contributed by atoms with Gasteiger partial charge in [0.1, 0.15) is 5.65 Å². The van der Waals surface area contributed by atoms with Crippen molar-refractivity contribution in [2.75, 3.05) is 6.54 Å². The van der Waals surface area contributed by atoms with E-state index in [-0.39, 0.29) is 18.2 Å². The highest BCUT2D eigenvalue weighted by Crippen LogP contribution is 2.10. The molecule has 5 nitrogen and oxygen atoms in total. The lowest BCUT2D eigenvalue weighted by Gasteiger charge is -2.13. The molecular formula is C16H23N3O2. The standard InChI is InChI=1S/C16H23N3O2/c1-11(2)14(20)9-15(21)17-7-6-13-10-19-8-4-5-12(3)16(19)18-13/h4-5,8,10-11,14,20H,6-7,9H2,1-3H3,(H,17,21). The van der Waals surface area contributed by atoms with E-state index < -0.39 is 6.10 Å². The Labute approximate surface area is 125 Å². The first kappa shape index (κ1) is 15.5. The van der Waals surface area contributed by atoms with Crippen LogP contribution in [-0.4, -0.2) is 33.0 Å². The Kier molecular flexibility index (Phi) is 4.96. The van der Waals surface area contributed by atoms with Crippen LogP contribution in [0.1, 0.15) is 31.5 Å². The molecular weight excluding hydrogens is 266 g/mol. The Hall–Kier alpha value is -1.88. The number of pyridine rings is 1. The maximum absolute atomic E-state index is 11.7. The second-order valence-corrected chi connectivity index (χ2v) is 5.77. The molecule has 1 atom stereocenters. The van der Waals surface area contributed by atoms with Crippen molar-refractivity contribution in [1.29, 1.82) is 0 Å². The Morgan fingerprint density at radius 2 is 2.24 bits per heavy atom. The summed E-state index contributed by atoms with van der Waals surface area (Å²) in [4.78, 5) is 16.2. The van der Waals surface area contributed by atoms with Gasteiger partial charge in [-0.2, -0.15) is 0 Å². The maximum atomic E-state index is 11.7. The zero-order valence-electron chi connectivity index (χ0n) is 12.8. The van der Waals surface area contributed by atoms with Crippen molar-refractivity contribution in [2.45, 2.75) is 39.7 Å². The highest BCUT2D eigenvalue weighted by Gasteiger charge is 2.14. The number of hydrogen-bond donors (Lipinski definition) is 2. The first-order valence-corrected chi connectivity index (χ1v) is 7.35. The summed E-state index contributed by atoms with van der Waals surface area (Å²) in [6.07, 6.45) is 4.21. The number of fused-ring (bicyclic) bond motifs is 1. The fourth-order valence-corrected chi connectivity index (χ4v) is 2.15. The molecule has 5 heteroatoms. The predicted molar refractivity (Wildman–Crippen MR) is 82.1 cm³/mol. The van der Waals surface area contributed by atoms with Gasteiger partial charge in [-0.1, -0.05) is 19.9 Å². The Balaban J connectivity index is 1.85. The van der Waals surface area contributed by atoms with Crippen LogP contribution in [0, 0.1) is 12.8 Å². The van der Waals surface area contributed by atoms with Crippen LogP contribution in [-0.2, 0) is 11.2 Å². The summed E-state index contributed by atoms with van der Waals surface area (Å²) in [5, 5.41) is 12.5. The lowest BCUT2D eigenvalue weighted by Crippen LogP contribution is -2.30. The van der Waals surface area contributed by atoms with Gasteiger partial charge in [0, 0.05) is 25.4 Å². The minimum Gasteiger partial charge on any atom is -0.392 e. The van der Waals surface area contributed by atoms with Crippen LogP contribution in [0.15, 0.2) is 24.5 Å². The SMILES string of the molecule is Cc1cccn2cc(CCNC(=O)CC(O)C(C)C)nc12. The quantitative estimate of drug-likeness (QED) is 0.850. The number of aliphatic hydroxyl groups is 1. The zero-order valence-corrected chi connectivity index (χ0v) is 12.8. The third-order valence-corrected chi connectivity index (χ3v) is 3.60. The molecule has 0 spiro atoms. The van der Waals surface area contributed by atoms with Gasteiger partial charge in [-0.25, -0.2) is 4.98 Å². The molecule has 1 amide bonds. The van der Waals surface area contributed by atoms with Gasteiger partial charge in [0.15, 0.2) is 0 Å². The van der Waals surface area contributed by atoms with Crippen molar-refractivity contribution < 1.29 is 9.90 Å².